The van der Waals surface area contributed by atoms with Crippen molar-refractivity contribution in [2.24, 2.45) is 0 Å². The number of carboxylic acid groups (broad SMARTS) is 1. The molecule has 2 N–H and O–H groups in total. The van der Waals surface area contributed by atoms with Crippen LogP contribution in [0.25, 0.3) is 0 Å². The van der Waals surface area contributed by atoms with Crippen LogP contribution in [-0.4, -0.2) is 21.0 Å². The number of rotatable bonds is 4. The first-order chi connectivity index (χ1) is 9.47. The number of aromatic nitrogens is 1. The zero-order chi connectivity index (χ0) is 14.7. The number of aromatic carboxylic acids is 1. The Bertz CT molecular complexity index is 668. The average molecular weight is 273 g/mol. The Kier molecular flexibility index (Phi) is 3.60. The molecule has 0 spiro atoms. The molecule has 0 bridgehead atoms. The summed E-state index contributed by atoms with van der Waals surface area (Å²) in [5, 5.41) is 22.4. The molecule has 0 aliphatic heterocycles. The number of anilines is 2. The van der Waals surface area contributed by atoms with Crippen LogP contribution < -0.4 is 5.32 Å². The van der Waals surface area contributed by atoms with Crippen molar-refractivity contribution >= 4 is 23.2 Å². The molecule has 7 heteroatoms. The number of pyridine rings is 1. The zero-order valence-corrected chi connectivity index (χ0v) is 10.5. The van der Waals surface area contributed by atoms with E-state index in [0.717, 1.165) is 6.20 Å². The van der Waals surface area contributed by atoms with E-state index in [4.69, 9.17) is 5.11 Å². The minimum Gasteiger partial charge on any atom is -0.478 e. The Balaban J connectivity index is 2.23. The third kappa shape index (κ3) is 2.89. The molecule has 0 unspecified atom stereocenters. The van der Waals surface area contributed by atoms with E-state index in [1.807, 2.05) is 0 Å². The van der Waals surface area contributed by atoms with Gasteiger partial charge in [-0.15, -0.1) is 0 Å². The van der Waals surface area contributed by atoms with Crippen LogP contribution >= 0.6 is 0 Å². The molecule has 0 aliphatic carbocycles. The van der Waals surface area contributed by atoms with Gasteiger partial charge in [0.1, 0.15) is 12.0 Å². The van der Waals surface area contributed by atoms with Gasteiger partial charge >= 0.3 is 5.97 Å². The van der Waals surface area contributed by atoms with E-state index in [1.165, 1.54) is 18.2 Å². The van der Waals surface area contributed by atoms with Crippen molar-refractivity contribution in [1.82, 2.24) is 4.98 Å². The monoisotopic (exact) mass is 273 g/mol. The molecule has 1 heterocycles. The Morgan fingerprint density at radius 3 is 2.65 bits per heavy atom. The van der Waals surface area contributed by atoms with Crippen LogP contribution in [0, 0.1) is 17.0 Å². The van der Waals surface area contributed by atoms with Crippen LogP contribution in [0.2, 0.25) is 0 Å². The van der Waals surface area contributed by atoms with Gasteiger partial charge in [-0.25, -0.2) is 9.78 Å². The maximum Gasteiger partial charge on any atom is 0.336 e. The summed E-state index contributed by atoms with van der Waals surface area (Å²) in [7, 11) is 0. The number of nitrogens with zero attached hydrogens (tertiary/aromatic N) is 2. The molecule has 0 radical (unpaired) electrons. The molecule has 0 saturated carbocycles. The lowest BCUT2D eigenvalue weighted by Gasteiger charge is -2.07. The number of hydrogen-bond donors (Lipinski definition) is 2. The molecule has 7 nitrogen and oxygen atoms in total. The summed E-state index contributed by atoms with van der Waals surface area (Å²) in [4.78, 5) is 24.9. The summed E-state index contributed by atoms with van der Waals surface area (Å²) in [6, 6.07) is 7.66. The van der Waals surface area contributed by atoms with Crippen LogP contribution in [0.1, 0.15) is 15.9 Å². The van der Waals surface area contributed by atoms with Gasteiger partial charge in [0.25, 0.3) is 5.69 Å². The minimum absolute atomic E-state index is 0.106. The normalized spacial score (nSPS) is 10.1. The van der Waals surface area contributed by atoms with E-state index < -0.39 is 10.9 Å². The fourth-order valence-corrected chi connectivity index (χ4v) is 1.65. The number of aryl methyl sites for hydroxylation is 1. The Labute approximate surface area is 114 Å². The fourth-order valence-electron chi connectivity index (χ4n) is 1.65. The molecular weight excluding hydrogens is 262 g/mol. The van der Waals surface area contributed by atoms with Crippen LogP contribution in [0.3, 0.4) is 0 Å². The maximum atomic E-state index is 11.0. The number of hydrogen-bond acceptors (Lipinski definition) is 5. The molecular formula is C13H11N3O4. The molecule has 2 rings (SSSR count). The smallest absolute Gasteiger partial charge is 0.336 e. The first-order valence-corrected chi connectivity index (χ1v) is 5.69. The summed E-state index contributed by atoms with van der Waals surface area (Å²) in [6.07, 6.45) is 1.13. The third-order valence-electron chi connectivity index (χ3n) is 2.70. The highest BCUT2D eigenvalue weighted by molar-refractivity contribution is 5.90. The number of nitrogens with one attached hydrogen (secondary N) is 1. The second kappa shape index (κ2) is 5.35. The van der Waals surface area contributed by atoms with E-state index in [1.54, 1.807) is 19.1 Å². The Hall–Kier alpha value is -2.96. The van der Waals surface area contributed by atoms with Gasteiger partial charge < -0.3 is 10.4 Å². The summed E-state index contributed by atoms with van der Waals surface area (Å²) >= 11 is 0. The highest BCUT2D eigenvalue weighted by Gasteiger charge is 2.09. The molecule has 102 valence electrons. The predicted molar refractivity (Wildman–Crippen MR) is 72.3 cm³/mol. The highest BCUT2D eigenvalue weighted by atomic mass is 16.6. The summed E-state index contributed by atoms with van der Waals surface area (Å²) < 4.78 is 0. The van der Waals surface area contributed by atoms with E-state index in [0.29, 0.717) is 17.1 Å². The molecule has 20 heavy (non-hydrogen) atoms. The van der Waals surface area contributed by atoms with Gasteiger partial charge in [-0.1, -0.05) is 6.07 Å². The first kappa shape index (κ1) is 13.5. The SMILES string of the molecule is Cc1ccc(Nc2ccc([N+](=O)[O-])cn2)cc1C(=O)O. The molecule has 0 aliphatic rings. The van der Waals surface area contributed by atoms with Crippen molar-refractivity contribution in [2.75, 3.05) is 5.32 Å². The second-order valence-corrected chi connectivity index (χ2v) is 4.12. The summed E-state index contributed by atoms with van der Waals surface area (Å²) in [6.45, 7) is 1.71. The van der Waals surface area contributed by atoms with Gasteiger partial charge in [0.15, 0.2) is 0 Å². The van der Waals surface area contributed by atoms with Gasteiger partial charge in [0.2, 0.25) is 0 Å². The van der Waals surface area contributed by atoms with Crippen molar-refractivity contribution in [3.63, 3.8) is 0 Å². The fraction of sp³-hybridized carbons (Fsp3) is 0.0769. The van der Waals surface area contributed by atoms with Crippen molar-refractivity contribution in [2.45, 2.75) is 6.92 Å². The van der Waals surface area contributed by atoms with Crippen molar-refractivity contribution in [1.29, 1.82) is 0 Å². The first-order valence-electron chi connectivity index (χ1n) is 5.69. The van der Waals surface area contributed by atoms with Crippen molar-refractivity contribution in [3.05, 3.63) is 57.8 Å². The summed E-state index contributed by atoms with van der Waals surface area (Å²) in [5.41, 5.74) is 1.29. The van der Waals surface area contributed by atoms with E-state index >= 15 is 0 Å². The van der Waals surface area contributed by atoms with Gasteiger partial charge in [0.05, 0.1) is 10.5 Å². The van der Waals surface area contributed by atoms with Gasteiger partial charge in [-0.3, -0.25) is 10.1 Å². The number of carboxylic acids is 1. The molecule has 0 atom stereocenters. The Morgan fingerprint density at radius 2 is 2.10 bits per heavy atom. The minimum atomic E-state index is -1.01. The van der Waals surface area contributed by atoms with Gasteiger partial charge in [0, 0.05) is 11.8 Å². The van der Waals surface area contributed by atoms with Crippen molar-refractivity contribution < 1.29 is 14.8 Å². The van der Waals surface area contributed by atoms with Crippen LogP contribution in [0.15, 0.2) is 36.5 Å². The Morgan fingerprint density at radius 1 is 1.35 bits per heavy atom. The molecule has 1 aromatic heterocycles. The predicted octanol–water partition coefficient (Wildman–Crippen LogP) is 2.74. The topological polar surface area (TPSA) is 105 Å². The second-order valence-electron chi connectivity index (χ2n) is 4.12. The largest absolute Gasteiger partial charge is 0.478 e. The summed E-state index contributed by atoms with van der Waals surface area (Å²) in [5.74, 6) is -0.612. The van der Waals surface area contributed by atoms with Crippen LogP contribution in [0.4, 0.5) is 17.2 Å². The molecule has 0 fully saturated rings. The quantitative estimate of drug-likeness (QED) is 0.655. The molecule has 1 aromatic carbocycles. The van der Waals surface area contributed by atoms with Crippen LogP contribution in [-0.2, 0) is 0 Å². The standard InChI is InChI=1S/C13H11N3O4/c1-8-2-3-9(6-11(8)13(17)18)15-12-5-4-10(7-14-12)16(19)20/h2-7H,1H3,(H,14,15)(H,17,18). The maximum absolute atomic E-state index is 11.0. The van der Waals surface area contributed by atoms with Crippen LogP contribution in [0.5, 0.6) is 0 Å². The molecule has 0 saturated heterocycles. The van der Waals surface area contributed by atoms with E-state index in [2.05, 4.69) is 10.3 Å². The van der Waals surface area contributed by atoms with Gasteiger partial charge in [-0.2, -0.15) is 0 Å². The number of nitro groups is 1. The number of carbonyl (C=O) groups is 1. The zero-order valence-electron chi connectivity index (χ0n) is 10.5. The van der Waals surface area contributed by atoms with Crippen molar-refractivity contribution in [3.8, 4) is 0 Å². The molecule has 0 amide bonds. The lowest BCUT2D eigenvalue weighted by molar-refractivity contribution is -0.385. The average Bonchev–Trinajstić information content (AvgIpc) is 2.41. The molecule has 2 aromatic rings. The highest BCUT2D eigenvalue weighted by Crippen LogP contribution is 2.20. The lowest BCUT2D eigenvalue weighted by Crippen LogP contribution is -2.01. The van der Waals surface area contributed by atoms with E-state index in [9.17, 15) is 14.9 Å². The number of benzene rings is 1. The lowest BCUT2D eigenvalue weighted by atomic mass is 10.1. The van der Waals surface area contributed by atoms with Gasteiger partial charge in [-0.05, 0) is 30.7 Å². The van der Waals surface area contributed by atoms with E-state index in [-0.39, 0.29) is 11.3 Å². The third-order valence-corrected chi connectivity index (χ3v) is 2.70.